The van der Waals surface area contributed by atoms with Gasteiger partial charge in [-0.1, -0.05) is 0 Å². The van der Waals surface area contributed by atoms with Crippen LogP contribution in [-0.2, 0) is 10.9 Å². The third kappa shape index (κ3) is 5.36. The number of nitro groups is 1. The van der Waals surface area contributed by atoms with Gasteiger partial charge in [-0.05, 0) is 30.9 Å². The van der Waals surface area contributed by atoms with E-state index in [0.717, 1.165) is 25.0 Å². The number of hydrogen-bond donors (Lipinski definition) is 2. The van der Waals surface area contributed by atoms with Crippen molar-refractivity contribution >= 4 is 11.4 Å². The van der Waals surface area contributed by atoms with Gasteiger partial charge in [0.15, 0.2) is 0 Å². The molecule has 1 aromatic carbocycles. The second-order valence-corrected chi connectivity index (χ2v) is 5.50. The molecule has 1 aromatic rings. The van der Waals surface area contributed by atoms with E-state index in [1.807, 2.05) is 0 Å². The van der Waals surface area contributed by atoms with E-state index >= 15 is 0 Å². The fraction of sp³-hybridized carbons (Fsp3) is 0.571. The van der Waals surface area contributed by atoms with Gasteiger partial charge in [0.1, 0.15) is 5.69 Å². The van der Waals surface area contributed by atoms with Crippen LogP contribution in [0.1, 0.15) is 18.4 Å². The maximum Gasteiger partial charge on any atom is 0.416 e. The van der Waals surface area contributed by atoms with Crippen molar-refractivity contribution in [1.82, 2.24) is 0 Å². The lowest BCUT2D eigenvalue weighted by Crippen LogP contribution is -2.25. The summed E-state index contributed by atoms with van der Waals surface area (Å²) < 4.78 is 43.0. The van der Waals surface area contributed by atoms with E-state index in [-0.39, 0.29) is 18.8 Å². The SMILES string of the molecule is O=[N+]([O-])c1cc(C(F)(F)F)ccc1NCC(O)COCC1CC1. The molecule has 128 valence electrons. The van der Waals surface area contributed by atoms with Crippen molar-refractivity contribution in [3.8, 4) is 0 Å². The van der Waals surface area contributed by atoms with Crippen LogP contribution in [0.4, 0.5) is 24.5 Å². The first-order valence-corrected chi connectivity index (χ1v) is 7.12. The van der Waals surface area contributed by atoms with Crippen molar-refractivity contribution in [2.75, 3.05) is 25.1 Å². The first kappa shape index (κ1) is 17.5. The predicted molar refractivity (Wildman–Crippen MR) is 76.1 cm³/mol. The quantitative estimate of drug-likeness (QED) is 0.564. The smallest absolute Gasteiger partial charge is 0.389 e. The van der Waals surface area contributed by atoms with Gasteiger partial charge in [-0.3, -0.25) is 10.1 Å². The van der Waals surface area contributed by atoms with Gasteiger partial charge in [-0.2, -0.15) is 13.2 Å². The third-order valence-electron chi connectivity index (χ3n) is 3.41. The van der Waals surface area contributed by atoms with Gasteiger partial charge in [-0.15, -0.1) is 0 Å². The second kappa shape index (κ2) is 7.14. The van der Waals surface area contributed by atoms with Crippen LogP contribution in [0, 0.1) is 16.0 Å². The van der Waals surface area contributed by atoms with Crippen LogP contribution in [0.5, 0.6) is 0 Å². The van der Waals surface area contributed by atoms with E-state index < -0.39 is 28.5 Å². The lowest BCUT2D eigenvalue weighted by molar-refractivity contribution is -0.384. The maximum absolute atomic E-state index is 12.6. The molecule has 0 spiro atoms. The number of aliphatic hydroxyl groups excluding tert-OH is 1. The zero-order valence-corrected chi connectivity index (χ0v) is 12.2. The Morgan fingerprint density at radius 3 is 2.70 bits per heavy atom. The second-order valence-electron chi connectivity index (χ2n) is 5.50. The molecule has 0 aliphatic heterocycles. The van der Waals surface area contributed by atoms with Crippen molar-refractivity contribution in [2.45, 2.75) is 25.1 Å². The number of halogens is 3. The van der Waals surface area contributed by atoms with Gasteiger partial charge >= 0.3 is 6.18 Å². The molecule has 1 aliphatic carbocycles. The number of alkyl halides is 3. The summed E-state index contributed by atoms with van der Waals surface area (Å²) >= 11 is 0. The number of benzene rings is 1. The molecule has 1 unspecified atom stereocenters. The fourth-order valence-electron chi connectivity index (χ4n) is 1.95. The molecule has 0 amide bonds. The molecule has 1 saturated carbocycles. The molecule has 0 aromatic heterocycles. The average Bonchev–Trinajstić information content (AvgIpc) is 3.28. The molecule has 0 saturated heterocycles. The van der Waals surface area contributed by atoms with E-state index in [1.165, 1.54) is 0 Å². The summed E-state index contributed by atoms with van der Waals surface area (Å²) in [5.41, 5.74) is -1.86. The predicted octanol–water partition coefficient (Wildman–Crippen LogP) is 2.81. The molecule has 2 N–H and O–H groups in total. The van der Waals surface area contributed by atoms with E-state index in [0.29, 0.717) is 18.6 Å². The molecular formula is C14H17F3N2O4. The summed E-state index contributed by atoms with van der Waals surface area (Å²) in [7, 11) is 0. The van der Waals surface area contributed by atoms with E-state index in [2.05, 4.69) is 5.32 Å². The molecule has 0 bridgehead atoms. The van der Waals surface area contributed by atoms with E-state index in [1.54, 1.807) is 0 Å². The van der Waals surface area contributed by atoms with Crippen molar-refractivity contribution in [1.29, 1.82) is 0 Å². The molecule has 1 fully saturated rings. The van der Waals surface area contributed by atoms with Crippen LogP contribution < -0.4 is 5.32 Å². The molecule has 0 heterocycles. The summed E-state index contributed by atoms with van der Waals surface area (Å²) in [6.45, 7) is 0.576. The molecule has 1 atom stereocenters. The van der Waals surface area contributed by atoms with Crippen LogP contribution in [0.3, 0.4) is 0 Å². The number of rotatable bonds is 8. The van der Waals surface area contributed by atoms with Gasteiger partial charge in [0.05, 0.1) is 23.2 Å². The van der Waals surface area contributed by atoms with Crippen molar-refractivity contribution in [2.24, 2.45) is 5.92 Å². The molecular weight excluding hydrogens is 317 g/mol. The summed E-state index contributed by atoms with van der Waals surface area (Å²) in [5, 5.41) is 23.2. The third-order valence-corrected chi connectivity index (χ3v) is 3.41. The Morgan fingerprint density at radius 2 is 2.13 bits per heavy atom. The average molecular weight is 334 g/mol. The number of aliphatic hydroxyl groups is 1. The van der Waals surface area contributed by atoms with Crippen LogP contribution in [0.15, 0.2) is 18.2 Å². The number of ether oxygens (including phenoxy) is 1. The standard InChI is InChI=1S/C14H17F3N2O4/c15-14(16,17)10-3-4-12(13(5-10)19(21)22)18-6-11(20)8-23-7-9-1-2-9/h3-5,9,11,18,20H,1-2,6-8H2. The summed E-state index contributed by atoms with van der Waals surface area (Å²) in [5.74, 6) is 0.547. The molecule has 6 nitrogen and oxygen atoms in total. The summed E-state index contributed by atoms with van der Waals surface area (Å²) in [6, 6.07) is 2.21. The Kier molecular flexibility index (Phi) is 5.42. The normalized spacial score (nSPS) is 16.2. The minimum atomic E-state index is -4.65. The Bertz CT molecular complexity index is 561. The summed E-state index contributed by atoms with van der Waals surface area (Å²) in [4.78, 5) is 10.0. The topological polar surface area (TPSA) is 84.6 Å². The Hall–Kier alpha value is -1.87. The Balaban J connectivity index is 1.93. The minimum absolute atomic E-state index is 0.0587. The van der Waals surface area contributed by atoms with Gasteiger partial charge in [0, 0.05) is 19.2 Å². The molecule has 0 radical (unpaired) electrons. The van der Waals surface area contributed by atoms with E-state index in [9.17, 15) is 28.4 Å². The highest BCUT2D eigenvalue weighted by atomic mass is 19.4. The highest BCUT2D eigenvalue weighted by molar-refractivity contribution is 5.63. The molecule has 23 heavy (non-hydrogen) atoms. The van der Waals surface area contributed by atoms with Crippen molar-refractivity contribution < 1.29 is 27.9 Å². The lowest BCUT2D eigenvalue weighted by Gasteiger charge is -2.14. The van der Waals surface area contributed by atoms with Crippen molar-refractivity contribution in [3.63, 3.8) is 0 Å². The van der Waals surface area contributed by atoms with Gasteiger partial charge in [0.2, 0.25) is 0 Å². The van der Waals surface area contributed by atoms with Gasteiger partial charge in [0.25, 0.3) is 5.69 Å². The van der Waals surface area contributed by atoms with Gasteiger partial charge in [-0.25, -0.2) is 0 Å². The lowest BCUT2D eigenvalue weighted by atomic mass is 10.1. The molecule has 9 heteroatoms. The van der Waals surface area contributed by atoms with Crippen LogP contribution in [-0.4, -0.2) is 35.9 Å². The first-order chi connectivity index (χ1) is 10.8. The first-order valence-electron chi connectivity index (χ1n) is 7.12. The molecule has 2 rings (SSSR count). The number of anilines is 1. The van der Waals surface area contributed by atoms with Gasteiger partial charge < -0.3 is 15.2 Å². The van der Waals surface area contributed by atoms with Crippen molar-refractivity contribution in [3.05, 3.63) is 33.9 Å². The molecule has 1 aliphatic rings. The zero-order valence-electron chi connectivity index (χ0n) is 12.2. The minimum Gasteiger partial charge on any atom is -0.389 e. The van der Waals surface area contributed by atoms with Crippen LogP contribution in [0.25, 0.3) is 0 Å². The number of nitrogens with zero attached hydrogens (tertiary/aromatic N) is 1. The largest absolute Gasteiger partial charge is 0.416 e. The highest BCUT2D eigenvalue weighted by Gasteiger charge is 2.33. The monoisotopic (exact) mass is 334 g/mol. The Morgan fingerprint density at radius 1 is 1.43 bits per heavy atom. The van der Waals surface area contributed by atoms with E-state index in [4.69, 9.17) is 4.74 Å². The zero-order chi connectivity index (χ0) is 17.0. The number of nitro benzene ring substituents is 1. The fourth-order valence-corrected chi connectivity index (χ4v) is 1.95. The van der Waals surface area contributed by atoms with Crippen LogP contribution in [0.2, 0.25) is 0 Å². The maximum atomic E-state index is 12.6. The Labute approximate surface area is 130 Å². The highest BCUT2D eigenvalue weighted by Crippen LogP contribution is 2.35. The number of hydrogen-bond acceptors (Lipinski definition) is 5. The number of nitrogens with one attached hydrogen (secondary N) is 1. The summed E-state index contributed by atoms with van der Waals surface area (Å²) in [6.07, 6.45) is -3.33. The van der Waals surface area contributed by atoms with Crippen LogP contribution >= 0.6 is 0 Å².